The first-order chi connectivity index (χ1) is 14.9. The van der Waals surface area contributed by atoms with Crippen molar-refractivity contribution in [3.63, 3.8) is 0 Å². The molecule has 7 heteroatoms. The maximum Gasteiger partial charge on any atom is 0.338 e. The Kier molecular flexibility index (Phi) is 5.40. The number of amides is 2. The summed E-state index contributed by atoms with van der Waals surface area (Å²) in [6.45, 7) is 1.38. The van der Waals surface area contributed by atoms with Gasteiger partial charge in [0, 0.05) is 10.6 Å². The highest BCUT2D eigenvalue weighted by Crippen LogP contribution is 2.31. The molecule has 1 heterocycles. The van der Waals surface area contributed by atoms with Crippen molar-refractivity contribution in [3.8, 4) is 0 Å². The van der Waals surface area contributed by atoms with E-state index in [1.54, 1.807) is 48.5 Å². The number of esters is 1. The predicted octanol–water partition coefficient (Wildman–Crippen LogP) is 4.49. The van der Waals surface area contributed by atoms with Gasteiger partial charge in [-0.05, 0) is 42.8 Å². The maximum absolute atomic E-state index is 12.9. The maximum atomic E-state index is 12.9. The van der Waals surface area contributed by atoms with Crippen molar-refractivity contribution in [2.24, 2.45) is 0 Å². The first-order valence-electron chi connectivity index (χ1n) is 9.41. The molecule has 4 rings (SSSR count). The smallest absolute Gasteiger partial charge is 0.338 e. The van der Waals surface area contributed by atoms with Crippen LogP contribution in [0.25, 0.3) is 0 Å². The average Bonchev–Trinajstić information content (AvgIpc) is 3.04. The topological polar surface area (TPSA) is 80.8 Å². The number of anilines is 1. The Morgan fingerprint density at radius 2 is 1.58 bits per heavy atom. The number of halogens is 1. The van der Waals surface area contributed by atoms with Crippen molar-refractivity contribution in [2.75, 3.05) is 11.5 Å². The monoisotopic (exact) mass is 433 g/mol. The largest absolute Gasteiger partial charge is 0.454 e. The van der Waals surface area contributed by atoms with Gasteiger partial charge in [-0.2, -0.15) is 0 Å². The van der Waals surface area contributed by atoms with Gasteiger partial charge in [-0.15, -0.1) is 0 Å². The number of carbonyl (C=O) groups is 4. The number of Topliss-reactive ketones (excluding diaryl/α,β-unsaturated/α-hetero) is 1. The zero-order valence-corrected chi connectivity index (χ0v) is 17.2. The number of ketones is 1. The van der Waals surface area contributed by atoms with Crippen molar-refractivity contribution in [1.29, 1.82) is 0 Å². The third-order valence-corrected chi connectivity index (χ3v) is 5.37. The van der Waals surface area contributed by atoms with Crippen molar-refractivity contribution in [3.05, 3.63) is 99.6 Å². The zero-order valence-electron chi connectivity index (χ0n) is 16.4. The normalized spacial score (nSPS) is 12.6. The molecule has 0 spiro atoms. The minimum absolute atomic E-state index is 0.0737. The second kappa shape index (κ2) is 8.16. The molecule has 3 aromatic rings. The van der Waals surface area contributed by atoms with Gasteiger partial charge in [0.2, 0.25) is 0 Å². The molecule has 0 radical (unpaired) electrons. The molecule has 0 N–H and O–H groups in total. The van der Waals surface area contributed by atoms with Gasteiger partial charge >= 0.3 is 5.97 Å². The van der Waals surface area contributed by atoms with E-state index in [0.29, 0.717) is 16.3 Å². The van der Waals surface area contributed by atoms with Gasteiger partial charge in [0.15, 0.2) is 12.4 Å². The van der Waals surface area contributed by atoms with E-state index in [0.717, 1.165) is 10.5 Å². The van der Waals surface area contributed by atoms with E-state index < -0.39 is 24.4 Å². The van der Waals surface area contributed by atoms with Crippen LogP contribution in [0.3, 0.4) is 0 Å². The first kappa shape index (κ1) is 20.5. The predicted molar refractivity (Wildman–Crippen MR) is 115 cm³/mol. The summed E-state index contributed by atoms with van der Waals surface area (Å²) in [6, 6.07) is 17.5. The van der Waals surface area contributed by atoms with Crippen LogP contribution < -0.4 is 4.90 Å². The van der Waals surface area contributed by atoms with Gasteiger partial charge < -0.3 is 4.74 Å². The fourth-order valence-electron chi connectivity index (χ4n) is 3.24. The molecule has 0 unspecified atom stereocenters. The number of rotatable bonds is 5. The van der Waals surface area contributed by atoms with Gasteiger partial charge in [0.25, 0.3) is 11.8 Å². The fraction of sp³-hybridized carbons (Fsp3) is 0.0833. The number of ether oxygens (including phenoxy) is 1. The van der Waals surface area contributed by atoms with Crippen LogP contribution in [0.5, 0.6) is 0 Å². The summed E-state index contributed by atoms with van der Waals surface area (Å²) in [4.78, 5) is 51.2. The molecule has 1 aliphatic heterocycles. The Balaban J connectivity index is 1.53. The molecular formula is C24H16ClNO5. The highest BCUT2D eigenvalue weighted by molar-refractivity contribution is 6.36. The number of nitrogens with zero attached hydrogens (tertiary/aromatic N) is 1. The molecule has 0 aliphatic carbocycles. The molecule has 0 aromatic heterocycles. The lowest BCUT2D eigenvalue weighted by molar-refractivity contribution is 0.0474. The van der Waals surface area contributed by atoms with E-state index in [1.165, 1.54) is 18.2 Å². The Morgan fingerprint density at radius 3 is 2.29 bits per heavy atom. The van der Waals surface area contributed by atoms with Gasteiger partial charge in [-0.25, -0.2) is 9.69 Å². The number of benzene rings is 3. The van der Waals surface area contributed by atoms with Crippen molar-refractivity contribution < 1.29 is 23.9 Å². The quantitative estimate of drug-likeness (QED) is 0.336. The minimum Gasteiger partial charge on any atom is -0.454 e. The van der Waals surface area contributed by atoms with E-state index in [4.69, 9.17) is 16.3 Å². The number of fused-ring (bicyclic) bond motifs is 1. The van der Waals surface area contributed by atoms with Crippen LogP contribution in [0.2, 0.25) is 5.02 Å². The lowest BCUT2D eigenvalue weighted by Gasteiger charge is -2.14. The van der Waals surface area contributed by atoms with Gasteiger partial charge in [-0.1, -0.05) is 48.0 Å². The Morgan fingerprint density at radius 1 is 0.871 bits per heavy atom. The molecule has 0 fully saturated rings. The van der Waals surface area contributed by atoms with Crippen LogP contribution in [0.1, 0.15) is 47.0 Å². The van der Waals surface area contributed by atoms with Gasteiger partial charge in [0.05, 0.1) is 22.4 Å². The lowest BCUT2D eigenvalue weighted by atomic mass is 10.1. The summed E-state index contributed by atoms with van der Waals surface area (Å²) in [7, 11) is 0. The fourth-order valence-corrected chi connectivity index (χ4v) is 3.42. The van der Waals surface area contributed by atoms with Crippen molar-refractivity contribution >= 4 is 40.9 Å². The van der Waals surface area contributed by atoms with E-state index in [9.17, 15) is 19.2 Å². The number of aryl methyl sites for hydroxylation is 1. The second-order valence-electron chi connectivity index (χ2n) is 7.00. The summed E-state index contributed by atoms with van der Waals surface area (Å²) in [5, 5.41) is 0.432. The van der Waals surface area contributed by atoms with E-state index in [-0.39, 0.29) is 22.5 Å². The summed E-state index contributed by atoms with van der Waals surface area (Å²) < 4.78 is 5.09. The molecule has 154 valence electrons. The Labute approximate surface area is 183 Å². The SMILES string of the molecule is Cc1ccc(N2C(=O)c3ccc(C(=O)OCC(=O)c4ccccc4)cc3C2=O)cc1Cl. The molecular weight excluding hydrogens is 418 g/mol. The molecule has 0 saturated heterocycles. The lowest BCUT2D eigenvalue weighted by Crippen LogP contribution is -2.29. The minimum atomic E-state index is -0.760. The third-order valence-electron chi connectivity index (χ3n) is 4.97. The highest BCUT2D eigenvalue weighted by atomic mass is 35.5. The number of imide groups is 1. The van der Waals surface area contributed by atoms with Crippen LogP contribution >= 0.6 is 11.6 Å². The second-order valence-corrected chi connectivity index (χ2v) is 7.41. The summed E-state index contributed by atoms with van der Waals surface area (Å²) in [5.74, 6) is -2.16. The van der Waals surface area contributed by atoms with E-state index >= 15 is 0 Å². The summed E-state index contributed by atoms with van der Waals surface area (Å²) in [6.07, 6.45) is 0. The van der Waals surface area contributed by atoms with E-state index in [1.807, 2.05) is 6.92 Å². The van der Waals surface area contributed by atoms with Crippen LogP contribution in [0, 0.1) is 6.92 Å². The van der Waals surface area contributed by atoms with Gasteiger partial charge in [-0.3, -0.25) is 14.4 Å². The Bertz CT molecular complexity index is 1240. The molecule has 0 atom stereocenters. The molecule has 2 amide bonds. The summed E-state index contributed by atoms with van der Waals surface area (Å²) in [5.41, 5.74) is 1.93. The Hall–Kier alpha value is -3.77. The van der Waals surface area contributed by atoms with Crippen molar-refractivity contribution in [1.82, 2.24) is 0 Å². The van der Waals surface area contributed by atoms with Crippen LogP contribution in [-0.2, 0) is 4.74 Å². The summed E-state index contributed by atoms with van der Waals surface area (Å²) >= 11 is 6.13. The zero-order chi connectivity index (χ0) is 22.1. The average molecular weight is 434 g/mol. The number of hydrogen-bond donors (Lipinski definition) is 0. The van der Waals surface area contributed by atoms with Crippen LogP contribution in [0.15, 0.2) is 66.7 Å². The molecule has 0 saturated carbocycles. The first-order valence-corrected chi connectivity index (χ1v) is 9.79. The van der Waals surface area contributed by atoms with Crippen LogP contribution in [0.4, 0.5) is 5.69 Å². The van der Waals surface area contributed by atoms with Crippen molar-refractivity contribution in [2.45, 2.75) is 6.92 Å². The molecule has 1 aliphatic rings. The molecule has 3 aromatic carbocycles. The molecule has 31 heavy (non-hydrogen) atoms. The van der Waals surface area contributed by atoms with Crippen LogP contribution in [-0.4, -0.2) is 30.2 Å². The number of carbonyl (C=O) groups excluding carboxylic acids is 4. The standard InChI is InChI=1S/C24H16ClNO5/c1-14-7-9-17(12-20(14)25)26-22(28)18-10-8-16(11-19(18)23(26)29)24(30)31-13-21(27)15-5-3-2-4-6-15/h2-12H,13H2,1H3. The van der Waals surface area contributed by atoms with E-state index in [2.05, 4.69) is 0 Å². The third kappa shape index (κ3) is 3.85. The molecule has 6 nitrogen and oxygen atoms in total. The van der Waals surface area contributed by atoms with Gasteiger partial charge in [0.1, 0.15) is 0 Å². The highest BCUT2D eigenvalue weighted by Gasteiger charge is 2.37. The number of hydrogen-bond acceptors (Lipinski definition) is 5. The molecule has 0 bridgehead atoms.